The van der Waals surface area contributed by atoms with Gasteiger partial charge in [-0.3, -0.25) is 4.90 Å². The molecule has 1 aliphatic rings. The van der Waals surface area contributed by atoms with Crippen molar-refractivity contribution in [1.29, 1.82) is 0 Å². The highest BCUT2D eigenvalue weighted by Gasteiger charge is 2.17. The number of ether oxygens (including phenoxy) is 1. The van der Waals surface area contributed by atoms with E-state index in [0.717, 1.165) is 38.5 Å². The fraction of sp³-hybridized carbons (Fsp3) is 0.368. The smallest absolute Gasteiger partial charge is 0.142 e. The summed E-state index contributed by atoms with van der Waals surface area (Å²) in [6, 6.07) is 19.1. The lowest BCUT2D eigenvalue weighted by molar-refractivity contribution is 0.285. The van der Waals surface area contributed by atoms with E-state index < -0.39 is 0 Å². The third kappa shape index (κ3) is 3.60. The molecule has 3 rings (SSSR count). The molecule has 1 aliphatic heterocycles. The van der Waals surface area contributed by atoms with E-state index in [1.807, 2.05) is 12.1 Å². The van der Waals surface area contributed by atoms with Crippen LogP contribution in [0.25, 0.3) is 0 Å². The Morgan fingerprint density at radius 2 is 1.64 bits per heavy atom. The second-order valence-corrected chi connectivity index (χ2v) is 5.77. The molecule has 0 atom stereocenters. The SMILES string of the molecule is COc1ccccc1N1CCCN(Cc2ccccc2)CC1. The summed E-state index contributed by atoms with van der Waals surface area (Å²) in [6.07, 6.45) is 1.19. The van der Waals surface area contributed by atoms with E-state index in [0.29, 0.717) is 0 Å². The van der Waals surface area contributed by atoms with Gasteiger partial charge in [0.25, 0.3) is 0 Å². The van der Waals surface area contributed by atoms with Crippen molar-refractivity contribution in [3.05, 3.63) is 60.2 Å². The normalized spacial score (nSPS) is 16.3. The molecule has 0 N–H and O–H groups in total. The van der Waals surface area contributed by atoms with E-state index in [1.165, 1.54) is 17.7 Å². The molecule has 0 aliphatic carbocycles. The number of benzene rings is 2. The van der Waals surface area contributed by atoms with Crippen LogP contribution in [0, 0.1) is 0 Å². The number of para-hydroxylation sites is 2. The molecule has 1 fully saturated rings. The molecule has 1 saturated heterocycles. The first-order chi connectivity index (χ1) is 10.9. The Morgan fingerprint density at radius 1 is 0.864 bits per heavy atom. The predicted octanol–water partition coefficient (Wildman–Crippen LogP) is 3.41. The van der Waals surface area contributed by atoms with Crippen LogP contribution in [-0.4, -0.2) is 38.2 Å². The monoisotopic (exact) mass is 296 g/mol. The van der Waals surface area contributed by atoms with Crippen LogP contribution >= 0.6 is 0 Å². The molecular weight excluding hydrogens is 272 g/mol. The quantitative estimate of drug-likeness (QED) is 0.860. The van der Waals surface area contributed by atoms with E-state index in [2.05, 4.69) is 52.3 Å². The van der Waals surface area contributed by atoms with Crippen LogP contribution in [0.15, 0.2) is 54.6 Å². The Hall–Kier alpha value is -2.00. The molecule has 3 nitrogen and oxygen atoms in total. The zero-order chi connectivity index (χ0) is 15.2. The molecule has 22 heavy (non-hydrogen) atoms. The van der Waals surface area contributed by atoms with Gasteiger partial charge in [0.1, 0.15) is 5.75 Å². The molecule has 0 unspecified atom stereocenters. The molecule has 116 valence electrons. The summed E-state index contributed by atoms with van der Waals surface area (Å²) in [5.41, 5.74) is 2.61. The van der Waals surface area contributed by atoms with Gasteiger partial charge in [-0.2, -0.15) is 0 Å². The minimum absolute atomic E-state index is 0.971. The molecule has 2 aromatic rings. The van der Waals surface area contributed by atoms with Gasteiger partial charge in [0.15, 0.2) is 0 Å². The summed E-state index contributed by atoms with van der Waals surface area (Å²) in [6.45, 7) is 5.42. The maximum absolute atomic E-state index is 5.51. The van der Waals surface area contributed by atoms with E-state index in [-0.39, 0.29) is 0 Å². The molecule has 0 aromatic heterocycles. The van der Waals surface area contributed by atoms with Crippen molar-refractivity contribution < 1.29 is 4.74 Å². The molecule has 0 spiro atoms. The molecule has 0 radical (unpaired) electrons. The summed E-state index contributed by atoms with van der Waals surface area (Å²) in [5, 5.41) is 0. The summed E-state index contributed by atoms with van der Waals surface area (Å²) in [7, 11) is 1.75. The minimum atomic E-state index is 0.971. The third-order valence-electron chi connectivity index (χ3n) is 4.26. The Morgan fingerprint density at radius 3 is 2.45 bits per heavy atom. The van der Waals surface area contributed by atoms with Gasteiger partial charge in [-0.25, -0.2) is 0 Å². The maximum atomic E-state index is 5.51. The van der Waals surface area contributed by atoms with Crippen LogP contribution in [-0.2, 0) is 6.54 Å². The highest BCUT2D eigenvalue weighted by Crippen LogP contribution is 2.28. The largest absolute Gasteiger partial charge is 0.495 e. The fourth-order valence-corrected chi connectivity index (χ4v) is 3.10. The van der Waals surface area contributed by atoms with Crippen LogP contribution in [0.4, 0.5) is 5.69 Å². The van der Waals surface area contributed by atoms with Gasteiger partial charge >= 0.3 is 0 Å². The summed E-state index contributed by atoms with van der Waals surface area (Å²) >= 11 is 0. The van der Waals surface area contributed by atoms with E-state index in [4.69, 9.17) is 4.74 Å². The summed E-state index contributed by atoms with van der Waals surface area (Å²) in [4.78, 5) is 4.99. The number of anilines is 1. The average Bonchev–Trinajstić information content (AvgIpc) is 2.81. The first kappa shape index (κ1) is 14.9. The first-order valence-corrected chi connectivity index (χ1v) is 8.01. The van der Waals surface area contributed by atoms with Crippen molar-refractivity contribution in [2.45, 2.75) is 13.0 Å². The van der Waals surface area contributed by atoms with Gasteiger partial charge in [0.2, 0.25) is 0 Å². The molecule has 3 heteroatoms. The lowest BCUT2D eigenvalue weighted by Gasteiger charge is -2.25. The van der Waals surface area contributed by atoms with Crippen LogP contribution < -0.4 is 9.64 Å². The Balaban J connectivity index is 1.65. The van der Waals surface area contributed by atoms with Gasteiger partial charge in [-0.1, -0.05) is 42.5 Å². The van der Waals surface area contributed by atoms with Gasteiger partial charge in [0.05, 0.1) is 12.8 Å². The molecule has 0 saturated carbocycles. The highest BCUT2D eigenvalue weighted by molar-refractivity contribution is 5.58. The molecule has 2 aromatic carbocycles. The van der Waals surface area contributed by atoms with Crippen LogP contribution in [0.3, 0.4) is 0 Å². The Kier molecular flexibility index (Phi) is 4.96. The van der Waals surface area contributed by atoms with Crippen molar-refractivity contribution in [3.8, 4) is 5.75 Å². The minimum Gasteiger partial charge on any atom is -0.495 e. The Bertz CT molecular complexity index is 585. The van der Waals surface area contributed by atoms with E-state index in [1.54, 1.807) is 7.11 Å². The highest BCUT2D eigenvalue weighted by atomic mass is 16.5. The predicted molar refractivity (Wildman–Crippen MR) is 91.5 cm³/mol. The lowest BCUT2D eigenvalue weighted by atomic mass is 10.2. The standard InChI is InChI=1S/C19H24N2O/c1-22-19-11-6-5-10-18(19)21-13-7-12-20(14-15-21)16-17-8-3-2-4-9-17/h2-6,8-11H,7,12-16H2,1H3. The van der Waals surface area contributed by atoms with Gasteiger partial charge < -0.3 is 9.64 Å². The van der Waals surface area contributed by atoms with Crippen molar-refractivity contribution >= 4 is 5.69 Å². The average molecular weight is 296 g/mol. The van der Waals surface area contributed by atoms with Gasteiger partial charge in [-0.15, -0.1) is 0 Å². The van der Waals surface area contributed by atoms with E-state index >= 15 is 0 Å². The topological polar surface area (TPSA) is 15.7 Å². The second kappa shape index (κ2) is 7.32. The van der Waals surface area contributed by atoms with Crippen molar-refractivity contribution in [2.24, 2.45) is 0 Å². The van der Waals surface area contributed by atoms with Crippen LogP contribution in [0.5, 0.6) is 5.75 Å². The molecule has 1 heterocycles. The van der Waals surface area contributed by atoms with Crippen molar-refractivity contribution in [2.75, 3.05) is 38.2 Å². The molecule has 0 amide bonds. The lowest BCUT2D eigenvalue weighted by Crippen LogP contribution is -2.30. The van der Waals surface area contributed by atoms with Gasteiger partial charge in [0, 0.05) is 32.7 Å². The second-order valence-electron chi connectivity index (χ2n) is 5.77. The van der Waals surface area contributed by atoms with Crippen LogP contribution in [0.1, 0.15) is 12.0 Å². The number of hydrogen-bond acceptors (Lipinski definition) is 3. The van der Waals surface area contributed by atoms with Gasteiger partial charge in [-0.05, 0) is 24.1 Å². The zero-order valence-corrected chi connectivity index (χ0v) is 13.2. The first-order valence-electron chi connectivity index (χ1n) is 8.01. The zero-order valence-electron chi connectivity index (χ0n) is 13.2. The molecule has 0 bridgehead atoms. The number of nitrogens with zero attached hydrogens (tertiary/aromatic N) is 2. The Labute approximate surface area is 133 Å². The van der Waals surface area contributed by atoms with Crippen LogP contribution in [0.2, 0.25) is 0 Å². The summed E-state index contributed by atoms with van der Waals surface area (Å²) in [5.74, 6) is 0.971. The summed E-state index contributed by atoms with van der Waals surface area (Å²) < 4.78 is 5.51. The van der Waals surface area contributed by atoms with Crippen molar-refractivity contribution in [1.82, 2.24) is 4.90 Å². The number of hydrogen-bond donors (Lipinski definition) is 0. The maximum Gasteiger partial charge on any atom is 0.142 e. The number of rotatable bonds is 4. The third-order valence-corrected chi connectivity index (χ3v) is 4.26. The number of methoxy groups -OCH3 is 1. The van der Waals surface area contributed by atoms with Crippen molar-refractivity contribution in [3.63, 3.8) is 0 Å². The fourth-order valence-electron chi connectivity index (χ4n) is 3.10. The molecular formula is C19H24N2O. The van der Waals surface area contributed by atoms with E-state index in [9.17, 15) is 0 Å².